The lowest BCUT2D eigenvalue weighted by molar-refractivity contribution is -0.125. The number of benzene rings is 1. The summed E-state index contributed by atoms with van der Waals surface area (Å²) in [4.78, 5) is 14.2. The molecule has 0 radical (unpaired) electrons. The third-order valence-corrected chi connectivity index (χ3v) is 4.64. The van der Waals surface area contributed by atoms with E-state index in [2.05, 4.69) is 0 Å². The number of carbonyl (C=O) groups excluding carboxylic acids is 1. The fourth-order valence-corrected chi connectivity index (χ4v) is 3.20. The van der Waals surface area contributed by atoms with E-state index in [1.807, 2.05) is 42.2 Å². The van der Waals surface area contributed by atoms with E-state index >= 15 is 0 Å². The minimum absolute atomic E-state index is 0.000448. The topological polar surface area (TPSA) is 53.7 Å². The van der Waals surface area contributed by atoms with Crippen LogP contribution >= 0.6 is 0 Å². The maximum Gasteiger partial charge on any atom is 0.246 e. The monoisotopic (exact) mass is 313 g/mol. The van der Waals surface area contributed by atoms with Crippen molar-refractivity contribution in [2.75, 3.05) is 13.1 Å². The molecule has 0 saturated carbocycles. The van der Waals surface area contributed by atoms with Crippen LogP contribution in [0.4, 0.5) is 0 Å². The standard InChI is InChI=1S/C19H23NO3/c1-3-17-16(15-6-4-5-7-18(15)23-17)8-9-19(22)20-11-10-14(12-20)13(2)21/h4-9,13-14,21H,3,10-12H2,1-2H3/b9-8+. The van der Waals surface area contributed by atoms with Crippen LogP contribution in [0.2, 0.25) is 0 Å². The summed E-state index contributed by atoms with van der Waals surface area (Å²) in [6, 6.07) is 7.89. The first-order valence-electron chi connectivity index (χ1n) is 8.25. The van der Waals surface area contributed by atoms with E-state index in [-0.39, 0.29) is 17.9 Å². The van der Waals surface area contributed by atoms with Crippen molar-refractivity contribution in [1.29, 1.82) is 0 Å². The summed E-state index contributed by atoms with van der Waals surface area (Å²) in [5, 5.41) is 10.7. The van der Waals surface area contributed by atoms with Crippen LogP contribution in [0, 0.1) is 5.92 Å². The predicted molar refractivity (Wildman–Crippen MR) is 91.0 cm³/mol. The molecule has 122 valence electrons. The van der Waals surface area contributed by atoms with Gasteiger partial charge in [-0.1, -0.05) is 25.1 Å². The molecule has 3 rings (SSSR count). The molecule has 1 saturated heterocycles. The molecule has 1 aromatic heterocycles. The van der Waals surface area contributed by atoms with E-state index in [1.165, 1.54) is 0 Å². The molecule has 1 aliphatic heterocycles. The Balaban J connectivity index is 1.79. The molecular weight excluding hydrogens is 290 g/mol. The summed E-state index contributed by atoms with van der Waals surface area (Å²) < 4.78 is 5.85. The maximum absolute atomic E-state index is 12.4. The van der Waals surface area contributed by atoms with Gasteiger partial charge in [0.15, 0.2) is 0 Å². The Hall–Kier alpha value is -2.07. The summed E-state index contributed by atoms with van der Waals surface area (Å²) in [5.74, 6) is 1.09. The number of likely N-dealkylation sites (tertiary alicyclic amines) is 1. The molecule has 4 heteroatoms. The molecule has 1 amide bonds. The Morgan fingerprint density at radius 1 is 1.48 bits per heavy atom. The summed E-state index contributed by atoms with van der Waals surface area (Å²) in [6.07, 6.45) is 4.78. The van der Waals surface area contributed by atoms with Crippen molar-refractivity contribution in [2.45, 2.75) is 32.8 Å². The van der Waals surface area contributed by atoms with Gasteiger partial charge in [-0.15, -0.1) is 0 Å². The van der Waals surface area contributed by atoms with Crippen molar-refractivity contribution in [3.8, 4) is 0 Å². The van der Waals surface area contributed by atoms with Crippen LogP contribution < -0.4 is 0 Å². The van der Waals surface area contributed by atoms with Gasteiger partial charge in [-0.3, -0.25) is 4.79 Å². The molecule has 1 fully saturated rings. The van der Waals surface area contributed by atoms with Gasteiger partial charge in [0.2, 0.25) is 5.91 Å². The normalized spacial score (nSPS) is 19.8. The number of hydrogen-bond donors (Lipinski definition) is 1. The van der Waals surface area contributed by atoms with Gasteiger partial charge in [0, 0.05) is 42.5 Å². The number of hydrogen-bond acceptors (Lipinski definition) is 3. The van der Waals surface area contributed by atoms with Gasteiger partial charge >= 0.3 is 0 Å². The third-order valence-electron chi connectivity index (χ3n) is 4.64. The fraction of sp³-hybridized carbons (Fsp3) is 0.421. The number of aliphatic hydroxyl groups is 1. The Bertz CT molecular complexity index is 729. The Labute approximate surface area is 136 Å². The van der Waals surface area contributed by atoms with Crippen LogP contribution in [-0.2, 0) is 11.2 Å². The minimum Gasteiger partial charge on any atom is -0.460 e. The number of carbonyl (C=O) groups is 1. The van der Waals surface area contributed by atoms with Crippen LogP contribution in [0.15, 0.2) is 34.8 Å². The SMILES string of the molecule is CCc1oc2ccccc2c1/C=C/C(=O)N1CCC(C(C)O)C1. The summed E-state index contributed by atoms with van der Waals surface area (Å²) in [5.41, 5.74) is 1.84. The molecule has 2 unspecified atom stereocenters. The second-order valence-corrected chi connectivity index (χ2v) is 6.20. The van der Waals surface area contributed by atoms with Crippen LogP contribution in [0.5, 0.6) is 0 Å². The summed E-state index contributed by atoms with van der Waals surface area (Å²) >= 11 is 0. The van der Waals surface area contributed by atoms with Gasteiger partial charge in [0.25, 0.3) is 0 Å². The smallest absolute Gasteiger partial charge is 0.246 e. The van der Waals surface area contributed by atoms with Gasteiger partial charge < -0.3 is 14.4 Å². The molecule has 0 aliphatic carbocycles. The van der Waals surface area contributed by atoms with Gasteiger partial charge in [-0.05, 0) is 25.5 Å². The van der Waals surface area contributed by atoms with Crippen LogP contribution in [0.1, 0.15) is 31.6 Å². The third kappa shape index (κ3) is 3.17. The zero-order valence-corrected chi connectivity index (χ0v) is 13.7. The second kappa shape index (κ2) is 6.59. The van der Waals surface area contributed by atoms with Crippen molar-refractivity contribution >= 4 is 23.0 Å². The van der Waals surface area contributed by atoms with E-state index in [4.69, 9.17) is 4.42 Å². The Kier molecular flexibility index (Phi) is 4.53. The van der Waals surface area contributed by atoms with E-state index in [1.54, 1.807) is 13.0 Å². The van der Waals surface area contributed by atoms with E-state index < -0.39 is 0 Å². The Morgan fingerprint density at radius 2 is 2.26 bits per heavy atom. The molecule has 2 atom stereocenters. The molecule has 0 spiro atoms. The maximum atomic E-state index is 12.4. The van der Waals surface area contributed by atoms with E-state index in [0.717, 1.165) is 35.1 Å². The van der Waals surface area contributed by atoms with Gasteiger partial charge in [0.1, 0.15) is 11.3 Å². The highest BCUT2D eigenvalue weighted by atomic mass is 16.3. The molecule has 23 heavy (non-hydrogen) atoms. The number of amides is 1. The fourth-order valence-electron chi connectivity index (χ4n) is 3.20. The highest BCUT2D eigenvalue weighted by Crippen LogP contribution is 2.27. The van der Waals surface area contributed by atoms with Crippen molar-refractivity contribution in [3.05, 3.63) is 41.7 Å². The Morgan fingerprint density at radius 3 is 2.96 bits per heavy atom. The average Bonchev–Trinajstić information content (AvgIpc) is 3.17. The van der Waals surface area contributed by atoms with Gasteiger partial charge in [0.05, 0.1) is 6.10 Å². The zero-order chi connectivity index (χ0) is 16.4. The zero-order valence-electron chi connectivity index (χ0n) is 13.7. The first kappa shape index (κ1) is 15.8. The molecule has 1 aliphatic rings. The molecule has 1 N–H and O–H groups in total. The van der Waals surface area contributed by atoms with Crippen molar-refractivity contribution < 1.29 is 14.3 Å². The number of para-hydroxylation sites is 1. The lowest BCUT2D eigenvalue weighted by Crippen LogP contribution is -2.28. The molecule has 2 heterocycles. The lowest BCUT2D eigenvalue weighted by atomic mass is 10.0. The number of furan rings is 1. The quantitative estimate of drug-likeness (QED) is 0.882. The van der Waals surface area contributed by atoms with Crippen LogP contribution in [0.25, 0.3) is 17.0 Å². The van der Waals surface area contributed by atoms with Crippen LogP contribution in [0.3, 0.4) is 0 Å². The first-order valence-corrected chi connectivity index (χ1v) is 8.25. The number of fused-ring (bicyclic) bond motifs is 1. The number of nitrogens with zero attached hydrogens (tertiary/aromatic N) is 1. The number of rotatable bonds is 4. The van der Waals surface area contributed by atoms with Crippen molar-refractivity contribution in [3.63, 3.8) is 0 Å². The first-order chi connectivity index (χ1) is 11.1. The molecular formula is C19H23NO3. The highest BCUT2D eigenvalue weighted by molar-refractivity contribution is 5.96. The van der Waals surface area contributed by atoms with Crippen molar-refractivity contribution in [1.82, 2.24) is 4.90 Å². The molecule has 1 aromatic carbocycles. The summed E-state index contributed by atoms with van der Waals surface area (Å²) in [6.45, 7) is 5.18. The average molecular weight is 313 g/mol. The largest absolute Gasteiger partial charge is 0.460 e. The number of aryl methyl sites for hydroxylation is 1. The molecule has 4 nitrogen and oxygen atoms in total. The van der Waals surface area contributed by atoms with Gasteiger partial charge in [-0.2, -0.15) is 0 Å². The van der Waals surface area contributed by atoms with Crippen molar-refractivity contribution in [2.24, 2.45) is 5.92 Å². The molecule has 0 bridgehead atoms. The predicted octanol–water partition coefficient (Wildman–Crippen LogP) is 3.24. The summed E-state index contributed by atoms with van der Waals surface area (Å²) in [7, 11) is 0. The lowest BCUT2D eigenvalue weighted by Gasteiger charge is -2.15. The number of aliphatic hydroxyl groups excluding tert-OH is 1. The van der Waals surface area contributed by atoms with E-state index in [9.17, 15) is 9.90 Å². The van der Waals surface area contributed by atoms with Crippen LogP contribution in [-0.4, -0.2) is 35.1 Å². The second-order valence-electron chi connectivity index (χ2n) is 6.20. The minimum atomic E-state index is -0.360. The highest BCUT2D eigenvalue weighted by Gasteiger charge is 2.28. The van der Waals surface area contributed by atoms with E-state index in [0.29, 0.717) is 13.1 Å². The van der Waals surface area contributed by atoms with Gasteiger partial charge in [-0.25, -0.2) is 0 Å². The molecule has 2 aromatic rings.